The van der Waals surface area contributed by atoms with Gasteiger partial charge in [-0.05, 0) is 23.1 Å². The van der Waals surface area contributed by atoms with E-state index in [1.54, 1.807) is 0 Å². The molecular weight excluding hydrogens is 461 g/mol. The molecule has 3 N–H and O–H groups in total. The highest BCUT2D eigenvalue weighted by Crippen LogP contribution is 2.43. The van der Waals surface area contributed by atoms with E-state index >= 15 is 0 Å². The Morgan fingerprint density at radius 3 is 1.69 bits per heavy atom. The van der Waals surface area contributed by atoms with Crippen LogP contribution in [0.1, 0.15) is 29.5 Å². The second-order valence-electron chi connectivity index (χ2n) is 8.47. The SMILES string of the molecule is C=CCP(=O)(O)CC(CCC(=O)NC(c1ccccc1)(c1ccccc1)c1ccccc1)C(=O)O. The summed E-state index contributed by atoms with van der Waals surface area (Å²) in [5.41, 5.74) is 1.55. The van der Waals surface area contributed by atoms with Crippen molar-refractivity contribution in [1.29, 1.82) is 0 Å². The summed E-state index contributed by atoms with van der Waals surface area (Å²) in [5, 5.41) is 12.8. The van der Waals surface area contributed by atoms with Crippen LogP contribution in [0, 0.1) is 5.92 Å². The van der Waals surface area contributed by atoms with Crippen LogP contribution in [-0.2, 0) is 19.7 Å². The topological polar surface area (TPSA) is 104 Å². The summed E-state index contributed by atoms with van der Waals surface area (Å²) in [7, 11) is -3.68. The van der Waals surface area contributed by atoms with Gasteiger partial charge in [-0.1, -0.05) is 97.1 Å². The molecule has 0 saturated heterocycles. The van der Waals surface area contributed by atoms with Crippen molar-refractivity contribution in [3.63, 3.8) is 0 Å². The molecule has 0 aliphatic carbocycles. The monoisotopic (exact) mass is 491 g/mol. The summed E-state index contributed by atoms with van der Waals surface area (Å²) >= 11 is 0. The lowest BCUT2D eigenvalue weighted by atomic mass is 9.77. The maximum atomic E-state index is 13.3. The Hall–Kier alpha value is -3.47. The maximum absolute atomic E-state index is 13.3. The first-order chi connectivity index (χ1) is 16.8. The highest BCUT2D eigenvalue weighted by Gasteiger charge is 2.38. The van der Waals surface area contributed by atoms with Crippen LogP contribution in [0.25, 0.3) is 0 Å². The van der Waals surface area contributed by atoms with Crippen molar-refractivity contribution < 1.29 is 24.2 Å². The van der Waals surface area contributed by atoms with Crippen molar-refractivity contribution in [2.75, 3.05) is 12.3 Å². The molecule has 6 nitrogen and oxygen atoms in total. The Kier molecular flexibility index (Phi) is 8.80. The number of hydrogen-bond acceptors (Lipinski definition) is 3. The number of allylic oxidation sites excluding steroid dienone is 1. The second-order valence-corrected chi connectivity index (χ2v) is 10.9. The van der Waals surface area contributed by atoms with Crippen molar-refractivity contribution in [1.82, 2.24) is 5.32 Å². The van der Waals surface area contributed by atoms with Crippen molar-refractivity contribution in [3.8, 4) is 0 Å². The molecule has 0 aliphatic rings. The van der Waals surface area contributed by atoms with Crippen LogP contribution in [0.5, 0.6) is 0 Å². The first-order valence-electron chi connectivity index (χ1n) is 11.4. The molecule has 0 aliphatic heterocycles. The van der Waals surface area contributed by atoms with Gasteiger partial charge in [-0.25, -0.2) is 0 Å². The van der Waals surface area contributed by atoms with Gasteiger partial charge < -0.3 is 15.3 Å². The zero-order valence-corrected chi connectivity index (χ0v) is 20.3. The zero-order valence-electron chi connectivity index (χ0n) is 19.4. The number of carboxylic acids is 1. The molecule has 1 amide bonds. The zero-order chi connectivity index (χ0) is 25.3. The van der Waals surface area contributed by atoms with Crippen LogP contribution in [0.3, 0.4) is 0 Å². The van der Waals surface area contributed by atoms with Gasteiger partial charge in [0, 0.05) is 18.7 Å². The molecule has 0 aromatic heterocycles. The number of benzene rings is 3. The fraction of sp³-hybridized carbons (Fsp3) is 0.214. The molecule has 0 heterocycles. The molecule has 0 fully saturated rings. The Balaban J connectivity index is 1.95. The molecular formula is C28H30NO5P. The maximum Gasteiger partial charge on any atom is 0.307 e. The third-order valence-electron chi connectivity index (χ3n) is 5.94. The minimum atomic E-state index is -3.68. The molecule has 7 heteroatoms. The van der Waals surface area contributed by atoms with E-state index in [1.807, 2.05) is 91.0 Å². The molecule has 3 aromatic rings. The number of hydrogen-bond donors (Lipinski definition) is 3. The lowest BCUT2D eigenvalue weighted by Gasteiger charge is -2.37. The third-order valence-corrected chi connectivity index (χ3v) is 7.78. The molecule has 35 heavy (non-hydrogen) atoms. The fourth-order valence-corrected chi connectivity index (χ4v) is 5.85. The van der Waals surface area contributed by atoms with Gasteiger partial charge in [-0.2, -0.15) is 0 Å². The number of carboxylic acid groups (broad SMARTS) is 1. The minimum Gasteiger partial charge on any atom is -0.481 e. The van der Waals surface area contributed by atoms with Crippen LogP contribution in [0.4, 0.5) is 0 Å². The largest absolute Gasteiger partial charge is 0.481 e. The van der Waals surface area contributed by atoms with Crippen LogP contribution >= 0.6 is 7.37 Å². The Labute approximate surface area is 205 Å². The molecule has 2 unspecified atom stereocenters. The second kappa shape index (κ2) is 11.8. The van der Waals surface area contributed by atoms with Crippen LogP contribution in [0.2, 0.25) is 0 Å². The Morgan fingerprint density at radius 2 is 1.31 bits per heavy atom. The van der Waals surface area contributed by atoms with Crippen molar-refractivity contribution in [3.05, 3.63) is 120 Å². The Bertz CT molecular complexity index is 1090. The number of amides is 1. The van der Waals surface area contributed by atoms with E-state index < -0.39 is 31.0 Å². The molecule has 2 atom stereocenters. The van der Waals surface area contributed by atoms with Gasteiger partial charge in [0.2, 0.25) is 13.3 Å². The first-order valence-corrected chi connectivity index (χ1v) is 13.4. The summed E-state index contributed by atoms with van der Waals surface area (Å²) in [5.74, 6) is -2.67. The standard InChI is InChI=1S/C28H30NO5P/c1-2-20-35(33,34)21-22(27(31)32)18-19-26(30)29-28(23-12-6-3-7-13-23,24-14-8-4-9-15-24)25-16-10-5-11-17-25/h2-17,22H,1,18-21H2,(H,29,30)(H,31,32)(H,33,34). The molecule has 3 aromatic carbocycles. The molecule has 0 radical (unpaired) electrons. The molecule has 3 rings (SSSR count). The van der Waals surface area contributed by atoms with E-state index in [9.17, 15) is 24.2 Å². The molecule has 0 saturated carbocycles. The summed E-state index contributed by atoms with van der Waals surface area (Å²) < 4.78 is 12.3. The lowest BCUT2D eigenvalue weighted by molar-refractivity contribution is -0.141. The van der Waals surface area contributed by atoms with Gasteiger partial charge in [-0.3, -0.25) is 14.2 Å². The average Bonchev–Trinajstić information content (AvgIpc) is 2.86. The minimum absolute atomic E-state index is 0.0582. The van der Waals surface area contributed by atoms with Crippen molar-refractivity contribution in [2.24, 2.45) is 5.92 Å². The van der Waals surface area contributed by atoms with E-state index in [4.69, 9.17) is 0 Å². The fourth-order valence-electron chi connectivity index (χ4n) is 4.27. The Morgan fingerprint density at radius 1 is 0.886 bits per heavy atom. The normalized spacial score (nSPS) is 13.9. The van der Waals surface area contributed by atoms with Crippen LogP contribution < -0.4 is 5.32 Å². The number of rotatable bonds is 12. The average molecular weight is 492 g/mol. The van der Waals surface area contributed by atoms with E-state index in [0.717, 1.165) is 16.7 Å². The third kappa shape index (κ3) is 6.56. The van der Waals surface area contributed by atoms with Crippen molar-refractivity contribution >= 4 is 19.2 Å². The van der Waals surface area contributed by atoms with E-state index in [2.05, 4.69) is 11.9 Å². The van der Waals surface area contributed by atoms with E-state index in [-0.39, 0.29) is 24.9 Å². The number of carbonyl (C=O) groups excluding carboxylic acids is 1. The van der Waals surface area contributed by atoms with Gasteiger partial charge in [0.05, 0.1) is 5.92 Å². The molecule has 182 valence electrons. The summed E-state index contributed by atoms with van der Waals surface area (Å²) in [6.45, 7) is 3.46. The van der Waals surface area contributed by atoms with Gasteiger partial charge >= 0.3 is 5.97 Å². The number of aliphatic carboxylic acids is 1. The van der Waals surface area contributed by atoms with Gasteiger partial charge in [-0.15, -0.1) is 6.58 Å². The number of carbonyl (C=O) groups is 2. The summed E-state index contributed by atoms with van der Waals surface area (Å²) in [6.07, 6.45) is 0.571. The van der Waals surface area contributed by atoms with Gasteiger partial charge in [0.25, 0.3) is 0 Å². The molecule has 0 bridgehead atoms. The van der Waals surface area contributed by atoms with E-state index in [1.165, 1.54) is 6.08 Å². The van der Waals surface area contributed by atoms with E-state index in [0.29, 0.717) is 0 Å². The van der Waals surface area contributed by atoms with Crippen LogP contribution in [-0.4, -0.2) is 34.2 Å². The lowest BCUT2D eigenvalue weighted by Crippen LogP contribution is -2.48. The summed E-state index contributed by atoms with van der Waals surface area (Å²) in [6, 6.07) is 28.8. The van der Waals surface area contributed by atoms with Crippen LogP contribution in [0.15, 0.2) is 104 Å². The number of nitrogens with one attached hydrogen (secondary N) is 1. The van der Waals surface area contributed by atoms with Crippen molar-refractivity contribution in [2.45, 2.75) is 18.4 Å². The quantitative estimate of drug-likeness (QED) is 0.187. The van der Waals surface area contributed by atoms with Gasteiger partial charge in [0.15, 0.2) is 0 Å². The smallest absolute Gasteiger partial charge is 0.307 e. The predicted molar refractivity (Wildman–Crippen MR) is 137 cm³/mol. The van der Waals surface area contributed by atoms with Gasteiger partial charge in [0.1, 0.15) is 5.54 Å². The highest BCUT2D eigenvalue weighted by molar-refractivity contribution is 7.58. The predicted octanol–water partition coefficient (Wildman–Crippen LogP) is 5.03. The first kappa shape index (κ1) is 26.1. The highest BCUT2D eigenvalue weighted by atomic mass is 31.2. The summed E-state index contributed by atoms with van der Waals surface area (Å²) in [4.78, 5) is 35.2. The molecule has 0 spiro atoms.